The molecule has 0 spiro atoms. The molecule has 0 bridgehead atoms. The second kappa shape index (κ2) is 7.28. The average Bonchev–Trinajstić information content (AvgIpc) is 2.50. The fourth-order valence-electron chi connectivity index (χ4n) is 2.10. The number of nitro groups is 1. The number of hydrogen-bond donors (Lipinski definition) is 1. The summed E-state index contributed by atoms with van der Waals surface area (Å²) in [5.41, 5.74) is 3.34. The monoisotopic (exact) mass is 330 g/mol. The Morgan fingerprint density at radius 2 is 1.91 bits per heavy atom. The van der Waals surface area contributed by atoms with E-state index in [1.807, 2.05) is 32.0 Å². The molecule has 6 heteroatoms. The maximum absolute atomic E-state index is 12.1. The highest BCUT2D eigenvalue weighted by atomic mass is 32.2. The molecule has 2 aromatic carbocycles. The summed E-state index contributed by atoms with van der Waals surface area (Å²) in [5.74, 6) is 0.0711. The zero-order chi connectivity index (χ0) is 17.0. The van der Waals surface area contributed by atoms with Crippen molar-refractivity contribution in [3.8, 4) is 0 Å². The first-order valence-electron chi connectivity index (χ1n) is 7.12. The molecule has 0 aliphatic carbocycles. The van der Waals surface area contributed by atoms with Crippen LogP contribution in [0.4, 0.5) is 11.4 Å². The van der Waals surface area contributed by atoms with Crippen LogP contribution in [0.2, 0.25) is 0 Å². The van der Waals surface area contributed by atoms with Crippen LogP contribution < -0.4 is 5.32 Å². The van der Waals surface area contributed by atoms with Crippen LogP contribution in [0.25, 0.3) is 0 Å². The third-order valence-electron chi connectivity index (χ3n) is 3.62. The predicted octanol–water partition coefficient (Wildman–Crippen LogP) is 4.25. The molecule has 0 radical (unpaired) electrons. The van der Waals surface area contributed by atoms with E-state index in [2.05, 4.69) is 5.32 Å². The standard InChI is InChI=1S/C17H18N2O3S/c1-11-7-8-14(9-12(11)2)23-10-17(20)18-15-5-4-6-16(13(15)3)19(21)22/h4-9H,10H2,1-3H3,(H,18,20). The van der Waals surface area contributed by atoms with Gasteiger partial charge in [-0.1, -0.05) is 12.1 Å². The number of amides is 1. The maximum Gasteiger partial charge on any atom is 0.274 e. The van der Waals surface area contributed by atoms with E-state index in [-0.39, 0.29) is 17.3 Å². The highest BCUT2D eigenvalue weighted by Crippen LogP contribution is 2.26. The van der Waals surface area contributed by atoms with E-state index >= 15 is 0 Å². The Kier molecular flexibility index (Phi) is 5.39. The molecular formula is C17H18N2O3S. The number of carbonyl (C=O) groups is 1. The Labute approximate surface area is 139 Å². The fraction of sp³-hybridized carbons (Fsp3) is 0.235. The SMILES string of the molecule is Cc1ccc(SCC(=O)Nc2cccc([N+](=O)[O-])c2C)cc1C. The van der Waals surface area contributed by atoms with E-state index in [1.165, 1.54) is 29.0 Å². The lowest BCUT2D eigenvalue weighted by molar-refractivity contribution is -0.385. The van der Waals surface area contributed by atoms with Crippen LogP contribution >= 0.6 is 11.8 Å². The molecule has 0 atom stereocenters. The Morgan fingerprint density at radius 1 is 1.17 bits per heavy atom. The molecule has 0 unspecified atom stereocenters. The molecule has 1 N–H and O–H groups in total. The zero-order valence-electron chi connectivity index (χ0n) is 13.3. The van der Waals surface area contributed by atoms with Crippen molar-refractivity contribution >= 4 is 29.0 Å². The van der Waals surface area contributed by atoms with Crippen molar-refractivity contribution in [3.05, 3.63) is 63.2 Å². The van der Waals surface area contributed by atoms with Gasteiger partial charge in [0.15, 0.2) is 0 Å². The molecule has 2 aromatic rings. The number of benzene rings is 2. The van der Waals surface area contributed by atoms with Gasteiger partial charge in [0, 0.05) is 11.0 Å². The number of nitrogens with one attached hydrogen (secondary N) is 1. The number of rotatable bonds is 5. The van der Waals surface area contributed by atoms with Crippen LogP contribution in [0.5, 0.6) is 0 Å². The summed E-state index contributed by atoms with van der Waals surface area (Å²) in [6.45, 7) is 5.71. The normalized spacial score (nSPS) is 10.4. The predicted molar refractivity (Wildman–Crippen MR) is 93.1 cm³/mol. The lowest BCUT2D eigenvalue weighted by Gasteiger charge is -2.09. The van der Waals surface area contributed by atoms with E-state index in [9.17, 15) is 14.9 Å². The van der Waals surface area contributed by atoms with Gasteiger partial charge < -0.3 is 5.32 Å². The minimum atomic E-state index is -0.450. The van der Waals surface area contributed by atoms with Crippen molar-refractivity contribution in [2.45, 2.75) is 25.7 Å². The van der Waals surface area contributed by atoms with Crippen LogP contribution in [0.1, 0.15) is 16.7 Å². The van der Waals surface area contributed by atoms with Gasteiger partial charge in [-0.25, -0.2) is 0 Å². The topological polar surface area (TPSA) is 72.2 Å². The third kappa shape index (κ3) is 4.32. The lowest BCUT2D eigenvalue weighted by Crippen LogP contribution is -2.15. The average molecular weight is 330 g/mol. The summed E-state index contributed by atoms with van der Waals surface area (Å²) in [5, 5.41) is 13.7. The smallest absolute Gasteiger partial charge is 0.274 e. The first-order valence-corrected chi connectivity index (χ1v) is 8.11. The Morgan fingerprint density at radius 3 is 2.57 bits per heavy atom. The largest absolute Gasteiger partial charge is 0.325 e. The minimum Gasteiger partial charge on any atom is -0.325 e. The van der Waals surface area contributed by atoms with E-state index in [0.29, 0.717) is 11.3 Å². The van der Waals surface area contributed by atoms with Gasteiger partial charge in [0.2, 0.25) is 5.91 Å². The van der Waals surface area contributed by atoms with Crippen LogP contribution in [0.15, 0.2) is 41.3 Å². The maximum atomic E-state index is 12.1. The van der Waals surface area contributed by atoms with Gasteiger partial charge >= 0.3 is 0 Å². The third-order valence-corrected chi connectivity index (χ3v) is 4.62. The number of nitro benzene ring substituents is 1. The number of aryl methyl sites for hydroxylation is 2. The number of hydrogen-bond acceptors (Lipinski definition) is 4. The summed E-state index contributed by atoms with van der Waals surface area (Å²) in [6.07, 6.45) is 0. The molecule has 23 heavy (non-hydrogen) atoms. The van der Waals surface area contributed by atoms with E-state index in [0.717, 1.165) is 4.90 Å². The molecule has 0 aliphatic heterocycles. The van der Waals surface area contributed by atoms with Gasteiger partial charge in [-0.15, -0.1) is 11.8 Å². The molecule has 5 nitrogen and oxygen atoms in total. The molecular weight excluding hydrogens is 312 g/mol. The van der Waals surface area contributed by atoms with Crippen molar-refractivity contribution in [2.75, 3.05) is 11.1 Å². The van der Waals surface area contributed by atoms with Gasteiger partial charge in [-0.05, 0) is 50.1 Å². The van der Waals surface area contributed by atoms with E-state index < -0.39 is 4.92 Å². The number of anilines is 1. The molecule has 0 saturated heterocycles. The summed E-state index contributed by atoms with van der Waals surface area (Å²) in [7, 11) is 0. The number of carbonyl (C=O) groups excluding carboxylic acids is 1. The summed E-state index contributed by atoms with van der Waals surface area (Å²) < 4.78 is 0. The summed E-state index contributed by atoms with van der Waals surface area (Å²) in [4.78, 5) is 23.6. The first kappa shape index (κ1) is 17.0. The van der Waals surface area contributed by atoms with Gasteiger partial charge in [0.1, 0.15) is 0 Å². The number of thioether (sulfide) groups is 1. The molecule has 0 fully saturated rings. The quantitative estimate of drug-likeness (QED) is 0.505. The molecule has 1 amide bonds. The Hall–Kier alpha value is -2.34. The van der Waals surface area contributed by atoms with Crippen molar-refractivity contribution < 1.29 is 9.72 Å². The lowest BCUT2D eigenvalue weighted by atomic mass is 10.1. The second-order valence-corrected chi connectivity index (χ2v) is 6.34. The highest BCUT2D eigenvalue weighted by Gasteiger charge is 2.14. The van der Waals surface area contributed by atoms with Crippen LogP contribution in [-0.4, -0.2) is 16.6 Å². The fourth-order valence-corrected chi connectivity index (χ4v) is 2.89. The van der Waals surface area contributed by atoms with Gasteiger partial charge in [0.25, 0.3) is 5.69 Å². The van der Waals surface area contributed by atoms with Crippen molar-refractivity contribution in [2.24, 2.45) is 0 Å². The van der Waals surface area contributed by atoms with Gasteiger partial charge in [-0.2, -0.15) is 0 Å². The molecule has 120 valence electrons. The molecule has 2 rings (SSSR count). The number of nitrogens with zero attached hydrogens (tertiary/aromatic N) is 1. The summed E-state index contributed by atoms with van der Waals surface area (Å²) in [6, 6.07) is 10.7. The van der Waals surface area contributed by atoms with E-state index in [1.54, 1.807) is 19.1 Å². The van der Waals surface area contributed by atoms with Crippen LogP contribution in [-0.2, 0) is 4.79 Å². The van der Waals surface area contributed by atoms with Crippen molar-refractivity contribution in [3.63, 3.8) is 0 Å². The molecule has 0 saturated carbocycles. The zero-order valence-corrected chi connectivity index (χ0v) is 14.1. The van der Waals surface area contributed by atoms with Crippen molar-refractivity contribution in [1.82, 2.24) is 0 Å². The van der Waals surface area contributed by atoms with Crippen LogP contribution in [0.3, 0.4) is 0 Å². The Bertz CT molecular complexity index is 759. The Balaban J connectivity index is 2.01. The van der Waals surface area contributed by atoms with Crippen molar-refractivity contribution in [1.29, 1.82) is 0 Å². The molecule has 0 aromatic heterocycles. The van der Waals surface area contributed by atoms with Gasteiger partial charge in [-0.3, -0.25) is 14.9 Å². The minimum absolute atomic E-state index is 0.00427. The molecule has 0 aliphatic rings. The van der Waals surface area contributed by atoms with Gasteiger partial charge in [0.05, 0.1) is 21.9 Å². The van der Waals surface area contributed by atoms with Crippen LogP contribution in [0, 0.1) is 30.9 Å². The van der Waals surface area contributed by atoms with E-state index in [4.69, 9.17) is 0 Å². The first-order chi connectivity index (χ1) is 10.9. The molecule has 0 heterocycles. The summed E-state index contributed by atoms with van der Waals surface area (Å²) >= 11 is 1.44. The second-order valence-electron chi connectivity index (χ2n) is 5.29. The highest BCUT2D eigenvalue weighted by molar-refractivity contribution is 8.00.